The number of nitrogens with one attached hydrogen (secondary N) is 1. The maximum Gasteiger partial charge on any atom is 0.307 e. The van der Waals surface area contributed by atoms with Gasteiger partial charge in [-0.1, -0.05) is 23.4 Å². The van der Waals surface area contributed by atoms with Crippen LogP contribution in [0.4, 0.5) is 15.8 Å². The minimum absolute atomic E-state index is 0.167. The summed E-state index contributed by atoms with van der Waals surface area (Å²) in [6.07, 6.45) is 2.44. The molecule has 1 amide bonds. The molecule has 10 nitrogen and oxygen atoms in total. The quantitative estimate of drug-likeness (QED) is 0.358. The number of carbonyl (C=O) groups is 1. The number of rotatable bonds is 7. The molecule has 4 rings (SSSR count). The van der Waals surface area contributed by atoms with E-state index >= 15 is 0 Å². The molecule has 0 bridgehead atoms. The van der Waals surface area contributed by atoms with Crippen LogP contribution in [0.3, 0.4) is 0 Å². The molecule has 0 aliphatic heterocycles. The molecule has 0 spiro atoms. The van der Waals surface area contributed by atoms with Crippen LogP contribution in [0, 0.1) is 15.9 Å². The van der Waals surface area contributed by atoms with Crippen molar-refractivity contribution < 1.29 is 18.6 Å². The van der Waals surface area contributed by atoms with Crippen LogP contribution in [0.5, 0.6) is 0 Å². The molecule has 0 aliphatic rings. The van der Waals surface area contributed by atoms with Crippen LogP contribution >= 0.6 is 0 Å². The lowest BCUT2D eigenvalue weighted by atomic mass is 10.1. The van der Waals surface area contributed by atoms with Crippen molar-refractivity contribution in [1.82, 2.24) is 19.9 Å². The lowest BCUT2D eigenvalue weighted by Gasteiger charge is -2.05. The number of halogens is 1. The van der Waals surface area contributed by atoms with Gasteiger partial charge in [0.15, 0.2) is 0 Å². The van der Waals surface area contributed by atoms with E-state index in [2.05, 4.69) is 20.6 Å². The van der Waals surface area contributed by atoms with E-state index < -0.39 is 10.8 Å². The Morgan fingerprint density at radius 1 is 1.19 bits per heavy atom. The molecular weight excluding hydrogens is 407 g/mol. The monoisotopic (exact) mass is 422 g/mol. The number of anilines is 1. The first kappa shape index (κ1) is 19.9. The van der Waals surface area contributed by atoms with Crippen molar-refractivity contribution >= 4 is 17.3 Å². The third-order valence-electron chi connectivity index (χ3n) is 4.33. The first-order valence-corrected chi connectivity index (χ1v) is 9.11. The van der Waals surface area contributed by atoms with E-state index in [9.17, 15) is 19.3 Å². The van der Waals surface area contributed by atoms with Crippen LogP contribution in [0.1, 0.15) is 11.5 Å². The molecule has 31 heavy (non-hydrogen) atoms. The highest BCUT2D eigenvalue weighted by Gasteiger charge is 2.13. The van der Waals surface area contributed by atoms with Gasteiger partial charge in [0.25, 0.3) is 0 Å². The summed E-state index contributed by atoms with van der Waals surface area (Å²) >= 11 is 0. The van der Waals surface area contributed by atoms with Crippen LogP contribution in [0.2, 0.25) is 0 Å². The second-order valence-corrected chi connectivity index (χ2v) is 6.56. The smallest absolute Gasteiger partial charge is 0.307 e. The van der Waals surface area contributed by atoms with E-state index in [0.717, 1.165) is 6.20 Å². The largest absolute Gasteiger partial charge is 0.339 e. The SMILES string of the molecule is O=C(Cn1cc([N+](=O)[O-])cn1)Nc1ccc(-c2noc(Cc3ccccc3F)n2)cc1. The van der Waals surface area contributed by atoms with Crippen LogP contribution in [0.25, 0.3) is 11.4 Å². The van der Waals surface area contributed by atoms with E-state index in [1.165, 1.54) is 16.9 Å². The molecule has 1 N–H and O–H groups in total. The minimum atomic E-state index is -0.584. The second kappa shape index (κ2) is 8.53. The van der Waals surface area contributed by atoms with Crippen molar-refractivity contribution in [2.75, 3.05) is 5.32 Å². The minimum Gasteiger partial charge on any atom is -0.339 e. The Bertz CT molecular complexity index is 1230. The summed E-state index contributed by atoms with van der Waals surface area (Å²) in [4.78, 5) is 26.5. The van der Waals surface area contributed by atoms with Gasteiger partial charge in [-0.05, 0) is 35.9 Å². The van der Waals surface area contributed by atoms with Gasteiger partial charge in [0.05, 0.1) is 11.3 Å². The Balaban J connectivity index is 1.38. The highest BCUT2D eigenvalue weighted by Crippen LogP contribution is 2.20. The number of nitro groups is 1. The Morgan fingerprint density at radius 2 is 1.97 bits per heavy atom. The number of amides is 1. The van der Waals surface area contributed by atoms with Gasteiger partial charge < -0.3 is 9.84 Å². The third-order valence-corrected chi connectivity index (χ3v) is 4.33. The molecule has 2 aromatic heterocycles. The number of carbonyl (C=O) groups excluding carboxylic acids is 1. The summed E-state index contributed by atoms with van der Waals surface area (Å²) in [5.74, 6) is -0.108. The first-order valence-electron chi connectivity index (χ1n) is 9.11. The van der Waals surface area contributed by atoms with Crippen molar-refractivity contribution in [2.45, 2.75) is 13.0 Å². The lowest BCUT2D eigenvalue weighted by Crippen LogP contribution is -2.18. The Hall–Kier alpha value is -4.41. The highest BCUT2D eigenvalue weighted by molar-refractivity contribution is 5.90. The molecule has 156 valence electrons. The zero-order chi connectivity index (χ0) is 21.8. The maximum atomic E-state index is 13.8. The Labute approximate surface area is 174 Å². The van der Waals surface area contributed by atoms with Gasteiger partial charge >= 0.3 is 5.69 Å². The summed E-state index contributed by atoms with van der Waals surface area (Å²) in [6, 6.07) is 13.1. The molecule has 0 unspecified atom stereocenters. The average molecular weight is 422 g/mol. The van der Waals surface area contributed by atoms with E-state index in [0.29, 0.717) is 22.6 Å². The van der Waals surface area contributed by atoms with E-state index in [1.807, 2.05) is 0 Å². The molecule has 2 heterocycles. The molecule has 11 heteroatoms. The fourth-order valence-electron chi connectivity index (χ4n) is 2.83. The first-order chi connectivity index (χ1) is 15.0. The van der Waals surface area contributed by atoms with Crippen molar-refractivity contribution in [1.29, 1.82) is 0 Å². The predicted octanol–water partition coefficient (Wildman–Crippen LogP) is 3.21. The maximum absolute atomic E-state index is 13.8. The second-order valence-electron chi connectivity index (χ2n) is 6.56. The molecule has 0 radical (unpaired) electrons. The van der Waals surface area contributed by atoms with Crippen molar-refractivity contribution in [3.05, 3.63) is 88.3 Å². The predicted molar refractivity (Wildman–Crippen MR) is 106 cm³/mol. The standard InChI is InChI=1S/C20H15FN6O4/c21-17-4-2-1-3-14(17)9-19-24-20(25-31-19)13-5-7-15(8-6-13)23-18(28)12-26-11-16(10-22-26)27(29)30/h1-8,10-11H,9,12H2,(H,23,28). The average Bonchev–Trinajstić information content (AvgIpc) is 3.40. The number of benzene rings is 2. The number of nitrogens with zero attached hydrogens (tertiary/aromatic N) is 5. The van der Waals surface area contributed by atoms with Crippen LogP contribution in [-0.2, 0) is 17.8 Å². The zero-order valence-corrected chi connectivity index (χ0v) is 15.9. The van der Waals surface area contributed by atoms with E-state index in [1.54, 1.807) is 42.5 Å². The van der Waals surface area contributed by atoms with Gasteiger partial charge in [-0.3, -0.25) is 19.6 Å². The normalized spacial score (nSPS) is 10.7. The summed E-state index contributed by atoms with van der Waals surface area (Å²) < 4.78 is 20.1. The molecule has 0 saturated carbocycles. The topological polar surface area (TPSA) is 129 Å². The van der Waals surface area contributed by atoms with Gasteiger partial charge in [0.2, 0.25) is 17.6 Å². The van der Waals surface area contributed by atoms with Crippen LogP contribution in [-0.4, -0.2) is 30.8 Å². The molecule has 0 atom stereocenters. The Morgan fingerprint density at radius 3 is 2.68 bits per heavy atom. The fraction of sp³-hybridized carbons (Fsp3) is 0.100. The fourth-order valence-corrected chi connectivity index (χ4v) is 2.83. The number of hydrogen-bond donors (Lipinski definition) is 1. The Kier molecular flexibility index (Phi) is 5.47. The molecule has 2 aromatic carbocycles. The third kappa shape index (κ3) is 4.78. The van der Waals surface area contributed by atoms with Gasteiger partial charge in [0, 0.05) is 11.3 Å². The summed E-state index contributed by atoms with van der Waals surface area (Å²) in [5, 5.41) is 21.0. The molecule has 0 aliphatic carbocycles. The number of aromatic nitrogens is 4. The van der Waals surface area contributed by atoms with Gasteiger partial charge in [-0.15, -0.1) is 0 Å². The van der Waals surface area contributed by atoms with E-state index in [-0.39, 0.29) is 30.4 Å². The lowest BCUT2D eigenvalue weighted by molar-refractivity contribution is -0.385. The summed E-state index contributed by atoms with van der Waals surface area (Å²) in [7, 11) is 0. The number of hydrogen-bond acceptors (Lipinski definition) is 7. The zero-order valence-electron chi connectivity index (χ0n) is 15.9. The summed E-state index contributed by atoms with van der Waals surface area (Å²) in [5.41, 5.74) is 1.44. The molecule has 4 aromatic rings. The van der Waals surface area contributed by atoms with Crippen molar-refractivity contribution in [3.8, 4) is 11.4 Å². The molecule has 0 fully saturated rings. The van der Waals surface area contributed by atoms with Crippen molar-refractivity contribution in [3.63, 3.8) is 0 Å². The van der Waals surface area contributed by atoms with Gasteiger partial charge in [-0.2, -0.15) is 10.1 Å². The van der Waals surface area contributed by atoms with Gasteiger partial charge in [-0.25, -0.2) is 4.39 Å². The van der Waals surface area contributed by atoms with Crippen LogP contribution in [0.15, 0.2) is 65.4 Å². The van der Waals surface area contributed by atoms with Gasteiger partial charge in [0.1, 0.15) is 24.8 Å². The highest BCUT2D eigenvalue weighted by atomic mass is 19.1. The van der Waals surface area contributed by atoms with E-state index in [4.69, 9.17) is 4.52 Å². The molecular formula is C20H15FN6O4. The summed E-state index contributed by atoms with van der Waals surface area (Å²) in [6.45, 7) is -0.167. The van der Waals surface area contributed by atoms with Crippen molar-refractivity contribution in [2.24, 2.45) is 0 Å². The molecule has 0 saturated heterocycles. The van der Waals surface area contributed by atoms with Crippen LogP contribution < -0.4 is 5.32 Å².